The number of amides is 1. The highest BCUT2D eigenvalue weighted by molar-refractivity contribution is 5.92. The van der Waals surface area contributed by atoms with Crippen LogP contribution in [-0.2, 0) is 0 Å². The maximum absolute atomic E-state index is 12.1. The lowest BCUT2D eigenvalue weighted by Crippen LogP contribution is -2.33. The zero-order valence-electron chi connectivity index (χ0n) is 15.4. The molecule has 0 unspecified atom stereocenters. The molecule has 0 bridgehead atoms. The third-order valence-corrected chi connectivity index (χ3v) is 5.51. The number of piperidine rings is 1. The van der Waals surface area contributed by atoms with Gasteiger partial charge < -0.3 is 14.3 Å². The Morgan fingerprint density at radius 3 is 2.62 bits per heavy atom. The first-order valence-corrected chi connectivity index (χ1v) is 9.38. The molecular weight excluding hydrogens is 330 g/mol. The SMILES string of the molecule is CN(C)C(=O)c1cc(N2CCC(c3nc(C4CCC4)no3)CC2)ccn1. The van der Waals surface area contributed by atoms with Gasteiger partial charge in [-0.25, -0.2) is 0 Å². The first-order valence-electron chi connectivity index (χ1n) is 9.38. The van der Waals surface area contributed by atoms with Crippen LogP contribution in [-0.4, -0.2) is 53.1 Å². The van der Waals surface area contributed by atoms with Crippen molar-refractivity contribution >= 4 is 11.6 Å². The summed E-state index contributed by atoms with van der Waals surface area (Å²) in [6, 6.07) is 3.85. The van der Waals surface area contributed by atoms with Gasteiger partial charge in [0.2, 0.25) is 5.89 Å². The minimum Gasteiger partial charge on any atom is -0.371 e. The summed E-state index contributed by atoms with van der Waals surface area (Å²) < 4.78 is 5.54. The van der Waals surface area contributed by atoms with Gasteiger partial charge in [-0.1, -0.05) is 11.6 Å². The predicted molar refractivity (Wildman–Crippen MR) is 97.3 cm³/mol. The fourth-order valence-corrected chi connectivity index (χ4v) is 3.59. The standard InChI is InChI=1S/C19H25N5O2/c1-23(2)19(25)16-12-15(6-9-20-16)24-10-7-14(8-11-24)18-21-17(22-26-18)13-4-3-5-13/h6,9,12-14H,3-5,7-8,10-11H2,1-2H3. The molecule has 2 aliphatic rings. The fourth-order valence-electron chi connectivity index (χ4n) is 3.59. The Bertz CT molecular complexity index is 776. The van der Waals surface area contributed by atoms with E-state index in [1.54, 1.807) is 25.2 Å². The second kappa shape index (κ2) is 7.05. The summed E-state index contributed by atoms with van der Waals surface area (Å²) in [5.41, 5.74) is 1.53. The number of rotatable bonds is 4. The number of anilines is 1. The Morgan fingerprint density at radius 1 is 1.19 bits per heavy atom. The molecule has 7 nitrogen and oxygen atoms in total. The third kappa shape index (κ3) is 3.30. The van der Waals surface area contributed by atoms with Crippen LogP contribution >= 0.6 is 0 Å². The highest BCUT2D eigenvalue weighted by Gasteiger charge is 2.29. The van der Waals surface area contributed by atoms with Crippen molar-refractivity contribution in [2.45, 2.75) is 43.9 Å². The number of aromatic nitrogens is 3. The summed E-state index contributed by atoms with van der Waals surface area (Å²) in [6.45, 7) is 1.82. The molecule has 7 heteroatoms. The van der Waals surface area contributed by atoms with Crippen LogP contribution in [0.15, 0.2) is 22.9 Å². The lowest BCUT2D eigenvalue weighted by Gasteiger charge is -2.32. The Kier molecular flexibility index (Phi) is 4.61. The van der Waals surface area contributed by atoms with Crippen molar-refractivity contribution in [2.24, 2.45) is 0 Å². The minimum atomic E-state index is -0.0730. The lowest BCUT2D eigenvalue weighted by molar-refractivity contribution is 0.0822. The molecule has 3 heterocycles. The van der Waals surface area contributed by atoms with Gasteiger partial charge >= 0.3 is 0 Å². The monoisotopic (exact) mass is 355 g/mol. The number of hydrogen-bond acceptors (Lipinski definition) is 6. The average molecular weight is 355 g/mol. The van der Waals surface area contributed by atoms with Crippen LogP contribution in [0.2, 0.25) is 0 Å². The van der Waals surface area contributed by atoms with Crippen LogP contribution in [0, 0.1) is 0 Å². The molecule has 138 valence electrons. The summed E-state index contributed by atoms with van der Waals surface area (Å²) in [5.74, 6) is 2.46. The molecule has 2 aromatic heterocycles. The minimum absolute atomic E-state index is 0.0730. The van der Waals surface area contributed by atoms with E-state index in [4.69, 9.17) is 4.52 Å². The van der Waals surface area contributed by atoms with Crippen LogP contribution < -0.4 is 4.90 Å². The summed E-state index contributed by atoms with van der Waals surface area (Å²) in [5, 5.41) is 4.19. The molecule has 1 aliphatic carbocycles. The van der Waals surface area contributed by atoms with E-state index in [9.17, 15) is 4.79 Å². The van der Waals surface area contributed by atoms with Crippen LogP contribution in [0.3, 0.4) is 0 Å². The number of pyridine rings is 1. The van der Waals surface area contributed by atoms with Crippen molar-refractivity contribution in [2.75, 3.05) is 32.1 Å². The largest absolute Gasteiger partial charge is 0.371 e. The molecule has 2 fully saturated rings. The first-order chi connectivity index (χ1) is 12.6. The first kappa shape index (κ1) is 17.0. The van der Waals surface area contributed by atoms with Gasteiger partial charge in [0.1, 0.15) is 5.69 Å². The van der Waals surface area contributed by atoms with Gasteiger partial charge in [0.25, 0.3) is 5.91 Å². The van der Waals surface area contributed by atoms with Gasteiger partial charge in [0.05, 0.1) is 0 Å². The average Bonchev–Trinajstić information content (AvgIpc) is 3.09. The van der Waals surface area contributed by atoms with Crippen LogP contribution in [0.25, 0.3) is 0 Å². The fraction of sp³-hybridized carbons (Fsp3) is 0.579. The van der Waals surface area contributed by atoms with E-state index in [2.05, 4.69) is 20.0 Å². The summed E-state index contributed by atoms with van der Waals surface area (Å²) in [7, 11) is 3.48. The van der Waals surface area contributed by atoms with E-state index < -0.39 is 0 Å². The van der Waals surface area contributed by atoms with Gasteiger partial charge in [-0.05, 0) is 37.8 Å². The Hall–Kier alpha value is -2.44. The van der Waals surface area contributed by atoms with Crippen molar-refractivity contribution in [3.8, 4) is 0 Å². The molecule has 0 aromatic carbocycles. The molecule has 2 aromatic rings. The van der Waals surface area contributed by atoms with E-state index in [1.807, 2.05) is 12.1 Å². The molecule has 0 N–H and O–H groups in total. The second-order valence-corrected chi connectivity index (χ2v) is 7.48. The third-order valence-electron chi connectivity index (χ3n) is 5.51. The number of nitrogens with zero attached hydrogens (tertiary/aromatic N) is 5. The molecule has 1 saturated carbocycles. The molecule has 1 saturated heterocycles. The van der Waals surface area contributed by atoms with E-state index in [-0.39, 0.29) is 5.91 Å². The normalized spacial score (nSPS) is 18.6. The van der Waals surface area contributed by atoms with Crippen molar-refractivity contribution in [1.29, 1.82) is 0 Å². The highest BCUT2D eigenvalue weighted by atomic mass is 16.5. The van der Waals surface area contributed by atoms with Gasteiger partial charge in [0, 0.05) is 50.9 Å². The number of carbonyl (C=O) groups excluding carboxylic acids is 1. The number of hydrogen-bond donors (Lipinski definition) is 0. The molecular formula is C19H25N5O2. The topological polar surface area (TPSA) is 75.4 Å². The highest BCUT2D eigenvalue weighted by Crippen LogP contribution is 2.36. The molecule has 0 spiro atoms. The van der Waals surface area contributed by atoms with E-state index >= 15 is 0 Å². The van der Waals surface area contributed by atoms with Crippen molar-refractivity contribution < 1.29 is 9.32 Å². The van der Waals surface area contributed by atoms with Gasteiger partial charge in [-0.3, -0.25) is 9.78 Å². The smallest absolute Gasteiger partial charge is 0.272 e. The van der Waals surface area contributed by atoms with Crippen molar-refractivity contribution in [3.05, 3.63) is 35.7 Å². The summed E-state index contributed by atoms with van der Waals surface area (Å²) in [4.78, 5) is 24.8. The quantitative estimate of drug-likeness (QED) is 0.839. The van der Waals surface area contributed by atoms with Crippen LogP contribution in [0.4, 0.5) is 5.69 Å². The Balaban J connectivity index is 1.39. The van der Waals surface area contributed by atoms with Crippen LogP contribution in [0.5, 0.6) is 0 Å². The molecule has 1 amide bonds. The Labute approximate surface area is 153 Å². The predicted octanol–water partition coefficient (Wildman–Crippen LogP) is 2.82. The Morgan fingerprint density at radius 2 is 1.96 bits per heavy atom. The maximum atomic E-state index is 12.1. The zero-order valence-corrected chi connectivity index (χ0v) is 15.4. The molecule has 0 atom stereocenters. The molecule has 1 aliphatic heterocycles. The van der Waals surface area contributed by atoms with Gasteiger partial charge in [0.15, 0.2) is 5.82 Å². The second-order valence-electron chi connectivity index (χ2n) is 7.48. The van der Waals surface area contributed by atoms with Crippen molar-refractivity contribution in [3.63, 3.8) is 0 Å². The van der Waals surface area contributed by atoms with Gasteiger partial charge in [-0.2, -0.15) is 4.98 Å². The summed E-state index contributed by atoms with van der Waals surface area (Å²) in [6.07, 6.45) is 7.32. The molecule has 4 rings (SSSR count). The van der Waals surface area contributed by atoms with E-state index in [1.165, 1.54) is 19.3 Å². The van der Waals surface area contributed by atoms with E-state index in [0.717, 1.165) is 43.3 Å². The maximum Gasteiger partial charge on any atom is 0.272 e. The lowest BCUT2D eigenvalue weighted by atomic mass is 9.85. The number of carbonyl (C=O) groups is 1. The van der Waals surface area contributed by atoms with Crippen LogP contribution in [0.1, 0.15) is 66.1 Å². The molecule has 0 radical (unpaired) electrons. The van der Waals surface area contributed by atoms with Gasteiger partial charge in [-0.15, -0.1) is 0 Å². The van der Waals surface area contributed by atoms with Crippen molar-refractivity contribution in [1.82, 2.24) is 20.0 Å². The zero-order chi connectivity index (χ0) is 18.1. The molecule has 26 heavy (non-hydrogen) atoms. The summed E-state index contributed by atoms with van der Waals surface area (Å²) >= 11 is 0. The van der Waals surface area contributed by atoms with E-state index in [0.29, 0.717) is 17.5 Å².